The number of amides is 1. The molecule has 6 nitrogen and oxygen atoms in total. The number of sulfonamides is 1. The first-order valence-electron chi connectivity index (χ1n) is 13.5. The standard InChI is InChI=1S/C30H28Cl2F2N2O4S/c31-21-11-9-19(10-12-21)28-30(20-3-1-4-22(32)15-20)40-17-27(37)36(28)26(18-7-8-18)16-35(41(38,39)23-13-14-23)29-24(33)5-2-6-25(29)34/h1-6,9-12,15,18,23,26,28,30H,7-8,13-14,16-17H2/t26?,28-,30-/m1/s1. The molecule has 2 saturated carbocycles. The SMILES string of the molecule is O=C1CO[C@H](c2cccc(Cl)c2)[C@@H](c2ccc(Cl)cc2)N1C(CN(c1c(F)cccc1F)S(=O)(=O)C1CC1)C1CC1. The van der Waals surface area contributed by atoms with Crippen molar-refractivity contribution in [2.24, 2.45) is 5.92 Å². The first-order chi connectivity index (χ1) is 19.6. The Morgan fingerprint density at radius 3 is 2.17 bits per heavy atom. The molecule has 6 rings (SSSR count). The van der Waals surface area contributed by atoms with Crippen LogP contribution in [-0.2, 0) is 19.6 Å². The van der Waals surface area contributed by atoms with E-state index in [0.717, 1.165) is 40.4 Å². The monoisotopic (exact) mass is 620 g/mol. The fraction of sp³-hybridized carbons (Fsp3) is 0.367. The third kappa shape index (κ3) is 5.69. The van der Waals surface area contributed by atoms with Gasteiger partial charge < -0.3 is 9.64 Å². The Morgan fingerprint density at radius 2 is 1.56 bits per heavy atom. The number of para-hydroxylation sites is 1. The average Bonchev–Trinajstić information content (AvgIpc) is 3.85. The summed E-state index contributed by atoms with van der Waals surface area (Å²) in [6.45, 7) is -0.520. The van der Waals surface area contributed by atoms with Crippen molar-refractivity contribution in [1.29, 1.82) is 0 Å². The minimum Gasteiger partial charge on any atom is -0.361 e. The van der Waals surface area contributed by atoms with Gasteiger partial charge in [0.1, 0.15) is 18.4 Å². The van der Waals surface area contributed by atoms with E-state index in [1.165, 1.54) is 6.07 Å². The molecule has 41 heavy (non-hydrogen) atoms. The van der Waals surface area contributed by atoms with Crippen LogP contribution in [0.1, 0.15) is 49.0 Å². The van der Waals surface area contributed by atoms with Gasteiger partial charge in [-0.1, -0.05) is 53.5 Å². The Bertz CT molecular complexity index is 1540. The highest BCUT2D eigenvalue weighted by Crippen LogP contribution is 2.47. The molecule has 1 heterocycles. The number of carbonyl (C=O) groups is 1. The number of benzene rings is 3. The summed E-state index contributed by atoms with van der Waals surface area (Å²) in [6.07, 6.45) is 1.71. The lowest BCUT2D eigenvalue weighted by Gasteiger charge is -2.47. The molecule has 0 radical (unpaired) electrons. The number of nitrogens with zero attached hydrogens (tertiary/aromatic N) is 2. The summed E-state index contributed by atoms with van der Waals surface area (Å²) in [7, 11) is -4.09. The molecular formula is C30H28Cl2F2N2O4S. The van der Waals surface area contributed by atoms with Gasteiger partial charge in [-0.25, -0.2) is 17.2 Å². The van der Waals surface area contributed by atoms with E-state index in [1.807, 2.05) is 6.07 Å². The number of anilines is 1. The number of hydrogen-bond acceptors (Lipinski definition) is 4. The molecule has 1 unspecified atom stereocenters. The largest absolute Gasteiger partial charge is 0.361 e. The van der Waals surface area contributed by atoms with E-state index in [1.54, 1.807) is 47.4 Å². The van der Waals surface area contributed by atoms with Gasteiger partial charge in [-0.05, 0) is 79.1 Å². The number of rotatable bonds is 9. The molecular weight excluding hydrogens is 593 g/mol. The van der Waals surface area contributed by atoms with Crippen LogP contribution in [0.25, 0.3) is 0 Å². The Labute approximate surface area is 247 Å². The van der Waals surface area contributed by atoms with Crippen LogP contribution in [0.15, 0.2) is 66.7 Å². The van der Waals surface area contributed by atoms with Gasteiger partial charge in [0.15, 0.2) is 11.6 Å². The van der Waals surface area contributed by atoms with Gasteiger partial charge in [0.25, 0.3) is 0 Å². The predicted molar refractivity (Wildman–Crippen MR) is 153 cm³/mol. The lowest BCUT2D eigenvalue weighted by molar-refractivity contribution is -0.163. The Morgan fingerprint density at radius 1 is 0.902 bits per heavy atom. The molecule has 0 spiro atoms. The van der Waals surface area contributed by atoms with Crippen LogP contribution in [-0.4, -0.2) is 43.7 Å². The lowest BCUT2D eigenvalue weighted by Crippen LogP contribution is -2.56. The molecule has 3 aliphatic rings. The molecule has 216 valence electrons. The van der Waals surface area contributed by atoms with Crippen LogP contribution in [0.5, 0.6) is 0 Å². The zero-order valence-electron chi connectivity index (χ0n) is 21.9. The number of ether oxygens (including phenoxy) is 1. The number of hydrogen-bond donors (Lipinski definition) is 0. The molecule has 3 aromatic carbocycles. The van der Waals surface area contributed by atoms with E-state index in [0.29, 0.717) is 22.9 Å². The molecule has 2 aliphatic carbocycles. The maximum absolute atomic E-state index is 15.1. The summed E-state index contributed by atoms with van der Waals surface area (Å²) >= 11 is 12.5. The molecule has 3 aromatic rings. The summed E-state index contributed by atoms with van der Waals surface area (Å²) in [5.74, 6) is -2.33. The summed E-state index contributed by atoms with van der Waals surface area (Å²) in [4.78, 5) is 15.4. The summed E-state index contributed by atoms with van der Waals surface area (Å²) in [6, 6.07) is 16.2. The van der Waals surface area contributed by atoms with Gasteiger partial charge in [-0.2, -0.15) is 0 Å². The fourth-order valence-electron chi connectivity index (χ4n) is 5.69. The van der Waals surface area contributed by atoms with Gasteiger partial charge in [0.05, 0.1) is 23.9 Å². The van der Waals surface area contributed by atoms with Crippen LogP contribution >= 0.6 is 23.2 Å². The van der Waals surface area contributed by atoms with E-state index in [9.17, 15) is 13.2 Å². The van der Waals surface area contributed by atoms with E-state index in [2.05, 4.69) is 0 Å². The second kappa shape index (κ2) is 11.2. The van der Waals surface area contributed by atoms with Crippen LogP contribution in [0.2, 0.25) is 10.0 Å². The Hall–Kier alpha value is -2.72. The maximum atomic E-state index is 15.1. The van der Waals surface area contributed by atoms with Crippen molar-refractivity contribution in [1.82, 2.24) is 4.90 Å². The van der Waals surface area contributed by atoms with Gasteiger partial charge in [0, 0.05) is 10.0 Å². The van der Waals surface area contributed by atoms with E-state index >= 15 is 8.78 Å². The second-order valence-electron chi connectivity index (χ2n) is 10.8. The third-order valence-electron chi connectivity index (χ3n) is 7.97. The van der Waals surface area contributed by atoms with Crippen LogP contribution in [0.4, 0.5) is 14.5 Å². The van der Waals surface area contributed by atoms with Gasteiger partial charge in [-0.15, -0.1) is 0 Å². The molecule has 0 bridgehead atoms. The lowest BCUT2D eigenvalue weighted by atomic mass is 9.90. The molecule has 1 amide bonds. The van der Waals surface area contributed by atoms with Crippen molar-refractivity contribution in [3.63, 3.8) is 0 Å². The first kappa shape index (κ1) is 28.4. The van der Waals surface area contributed by atoms with Crippen molar-refractivity contribution in [2.75, 3.05) is 17.5 Å². The van der Waals surface area contributed by atoms with Crippen LogP contribution in [0, 0.1) is 17.6 Å². The molecule has 0 N–H and O–H groups in total. The van der Waals surface area contributed by atoms with E-state index < -0.39 is 50.8 Å². The highest BCUT2D eigenvalue weighted by molar-refractivity contribution is 7.93. The number of carbonyl (C=O) groups excluding carboxylic acids is 1. The highest BCUT2D eigenvalue weighted by Gasteiger charge is 2.50. The maximum Gasteiger partial charge on any atom is 0.249 e. The fourth-order valence-corrected chi connectivity index (χ4v) is 7.89. The Balaban J connectivity index is 1.47. The molecule has 3 fully saturated rings. The smallest absolute Gasteiger partial charge is 0.249 e. The minimum absolute atomic E-state index is 0.0569. The van der Waals surface area contributed by atoms with E-state index in [-0.39, 0.29) is 25.0 Å². The zero-order chi connectivity index (χ0) is 28.9. The predicted octanol–water partition coefficient (Wildman–Crippen LogP) is 6.69. The average molecular weight is 622 g/mol. The van der Waals surface area contributed by atoms with Gasteiger partial charge >= 0.3 is 0 Å². The zero-order valence-corrected chi connectivity index (χ0v) is 24.3. The van der Waals surface area contributed by atoms with Crippen LogP contribution < -0.4 is 4.31 Å². The topological polar surface area (TPSA) is 66.9 Å². The van der Waals surface area contributed by atoms with Gasteiger partial charge in [0.2, 0.25) is 15.9 Å². The highest BCUT2D eigenvalue weighted by atomic mass is 35.5. The molecule has 1 aliphatic heterocycles. The van der Waals surface area contributed by atoms with Gasteiger partial charge in [-0.3, -0.25) is 9.10 Å². The summed E-state index contributed by atoms with van der Waals surface area (Å²) in [5, 5.41) is 0.297. The van der Waals surface area contributed by atoms with Crippen molar-refractivity contribution in [3.05, 3.63) is 99.5 Å². The summed E-state index contributed by atoms with van der Waals surface area (Å²) < 4.78 is 64.6. The molecule has 3 atom stereocenters. The minimum atomic E-state index is -4.09. The molecule has 11 heteroatoms. The van der Waals surface area contributed by atoms with Crippen LogP contribution in [0.3, 0.4) is 0 Å². The Kier molecular flexibility index (Phi) is 7.74. The molecule has 0 aromatic heterocycles. The number of halogens is 4. The molecule has 1 saturated heterocycles. The normalized spacial score (nSPS) is 22.0. The van der Waals surface area contributed by atoms with Crippen molar-refractivity contribution in [3.8, 4) is 0 Å². The van der Waals surface area contributed by atoms with E-state index in [4.69, 9.17) is 27.9 Å². The third-order valence-corrected chi connectivity index (χ3v) is 10.7. The quantitative estimate of drug-likeness (QED) is 0.267. The van der Waals surface area contributed by atoms with Crippen molar-refractivity contribution >= 4 is 44.8 Å². The first-order valence-corrected chi connectivity index (χ1v) is 15.8. The summed E-state index contributed by atoms with van der Waals surface area (Å²) in [5.41, 5.74) is 0.860. The van der Waals surface area contributed by atoms with Crippen molar-refractivity contribution in [2.45, 2.75) is 49.1 Å². The van der Waals surface area contributed by atoms with Crippen molar-refractivity contribution < 1.29 is 26.7 Å². The second-order valence-corrected chi connectivity index (χ2v) is 13.8. The number of morpholine rings is 1.